The van der Waals surface area contributed by atoms with Crippen LogP contribution in [-0.4, -0.2) is 24.4 Å². The summed E-state index contributed by atoms with van der Waals surface area (Å²) in [5.74, 6) is 0.180. The Hall–Kier alpha value is -4.13. The molecule has 0 aliphatic rings. The van der Waals surface area contributed by atoms with Gasteiger partial charge in [-0.15, -0.1) is 0 Å². The molecular formula is C25H24N2O5. The molecule has 7 heteroatoms. The van der Waals surface area contributed by atoms with Crippen molar-refractivity contribution < 1.29 is 23.9 Å². The van der Waals surface area contributed by atoms with Gasteiger partial charge >= 0.3 is 5.97 Å². The normalized spacial score (nSPS) is 10.2. The van der Waals surface area contributed by atoms with Gasteiger partial charge in [0.2, 0.25) is 5.91 Å². The van der Waals surface area contributed by atoms with E-state index in [1.54, 1.807) is 42.5 Å². The number of ether oxygens (including phenoxy) is 2. The SMILES string of the molecule is CC(=O)Oc1cccc(C(=O)Nc2ccc(NC(=O)CCCOc3ccccc3)cc2)c1. The quantitative estimate of drug-likeness (QED) is 0.291. The summed E-state index contributed by atoms with van der Waals surface area (Å²) in [7, 11) is 0. The van der Waals surface area contributed by atoms with Crippen LogP contribution in [0.4, 0.5) is 11.4 Å². The molecule has 0 unspecified atom stereocenters. The number of anilines is 2. The molecule has 7 nitrogen and oxygen atoms in total. The van der Waals surface area contributed by atoms with Gasteiger partial charge in [0, 0.05) is 30.3 Å². The summed E-state index contributed by atoms with van der Waals surface area (Å²) in [5.41, 5.74) is 1.56. The van der Waals surface area contributed by atoms with E-state index < -0.39 is 5.97 Å². The second-order valence-electron chi connectivity index (χ2n) is 6.97. The van der Waals surface area contributed by atoms with Gasteiger partial charge in [-0.2, -0.15) is 0 Å². The summed E-state index contributed by atoms with van der Waals surface area (Å²) < 4.78 is 10.6. The van der Waals surface area contributed by atoms with Crippen molar-refractivity contribution in [3.05, 3.63) is 84.4 Å². The fourth-order valence-corrected chi connectivity index (χ4v) is 2.87. The number of nitrogens with one attached hydrogen (secondary N) is 2. The molecular weight excluding hydrogens is 408 g/mol. The zero-order chi connectivity index (χ0) is 22.8. The first-order chi connectivity index (χ1) is 15.5. The number of benzene rings is 3. The Morgan fingerprint density at radius 1 is 0.781 bits per heavy atom. The molecule has 0 radical (unpaired) electrons. The van der Waals surface area contributed by atoms with Crippen LogP contribution in [0.2, 0.25) is 0 Å². The molecule has 164 valence electrons. The predicted molar refractivity (Wildman–Crippen MR) is 122 cm³/mol. The molecule has 2 N–H and O–H groups in total. The maximum absolute atomic E-state index is 12.4. The molecule has 0 spiro atoms. The van der Waals surface area contributed by atoms with Crippen LogP contribution >= 0.6 is 0 Å². The van der Waals surface area contributed by atoms with E-state index in [-0.39, 0.29) is 11.8 Å². The number of rotatable bonds is 9. The predicted octanol–water partition coefficient (Wildman–Crippen LogP) is 4.66. The van der Waals surface area contributed by atoms with Gasteiger partial charge in [0.25, 0.3) is 5.91 Å². The Kier molecular flexibility index (Phi) is 7.97. The number of hydrogen-bond donors (Lipinski definition) is 2. The summed E-state index contributed by atoms with van der Waals surface area (Å²) in [6, 6.07) is 22.6. The maximum atomic E-state index is 12.4. The van der Waals surface area contributed by atoms with E-state index in [0.29, 0.717) is 42.1 Å². The molecule has 0 saturated carbocycles. The van der Waals surface area contributed by atoms with E-state index >= 15 is 0 Å². The monoisotopic (exact) mass is 432 g/mol. The number of carbonyl (C=O) groups is 3. The molecule has 0 heterocycles. The number of esters is 1. The van der Waals surface area contributed by atoms with Crippen LogP contribution in [0.3, 0.4) is 0 Å². The minimum absolute atomic E-state index is 0.110. The van der Waals surface area contributed by atoms with E-state index in [1.165, 1.54) is 13.0 Å². The Balaban J connectivity index is 1.44. The third kappa shape index (κ3) is 7.28. The van der Waals surface area contributed by atoms with E-state index in [0.717, 1.165) is 5.75 Å². The molecule has 0 aliphatic carbocycles. The summed E-state index contributed by atoms with van der Waals surface area (Å²) in [5, 5.41) is 5.59. The van der Waals surface area contributed by atoms with Gasteiger partial charge in [-0.1, -0.05) is 24.3 Å². The Morgan fingerprint density at radius 3 is 2.12 bits per heavy atom. The smallest absolute Gasteiger partial charge is 0.308 e. The van der Waals surface area contributed by atoms with Crippen LogP contribution < -0.4 is 20.1 Å². The number of carbonyl (C=O) groups excluding carboxylic acids is 3. The Labute approximate surface area is 186 Å². The first-order valence-corrected chi connectivity index (χ1v) is 10.2. The van der Waals surface area contributed by atoms with Crippen LogP contribution in [0.25, 0.3) is 0 Å². The van der Waals surface area contributed by atoms with Gasteiger partial charge in [-0.05, 0) is 61.0 Å². The van der Waals surface area contributed by atoms with Crippen LogP contribution in [0, 0.1) is 0 Å². The second kappa shape index (κ2) is 11.3. The molecule has 32 heavy (non-hydrogen) atoms. The summed E-state index contributed by atoms with van der Waals surface area (Å²) in [4.78, 5) is 35.6. The van der Waals surface area contributed by atoms with Crippen molar-refractivity contribution in [1.29, 1.82) is 0 Å². The molecule has 3 aromatic rings. The molecule has 2 amide bonds. The summed E-state index contributed by atoms with van der Waals surface area (Å²) in [6.07, 6.45) is 0.936. The van der Waals surface area contributed by atoms with Crippen LogP contribution in [-0.2, 0) is 9.59 Å². The molecule has 3 aromatic carbocycles. The second-order valence-corrected chi connectivity index (χ2v) is 6.97. The first-order valence-electron chi connectivity index (χ1n) is 10.2. The van der Waals surface area contributed by atoms with Gasteiger partial charge in [0.1, 0.15) is 11.5 Å². The largest absolute Gasteiger partial charge is 0.494 e. The minimum atomic E-state index is -0.455. The van der Waals surface area contributed by atoms with Crippen molar-refractivity contribution in [3.63, 3.8) is 0 Å². The highest BCUT2D eigenvalue weighted by Gasteiger charge is 2.09. The third-order valence-corrected chi connectivity index (χ3v) is 4.34. The number of para-hydroxylation sites is 1. The van der Waals surface area contributed by atoms with Crippen molar-refractivity contribution in [2.45, 2.75) is 19.8 Å². The summed E-state index contributed by atoms with van der Waals surface area (Å²) >= 11 is 0. The minimum Gasteiger partial charge on any atom is -0.494 e. The average molecular weight is 432 g/mol. The standard InChI is InChI=1S/C25H24N2O5/c1-18(28)32-23-10-5-7-19(17-23)25(30)27-21-14-12-20(13-15-21)26-24(29)11-6-16-31-22-8-3-2-4-9-22/h2-5,7-10,12-15,17H,6,11,16H2,1H3,(H,26,29)(H,27,30). The molecule has 0 bridgehead atoms. The van der Waals surface area contributed by atoms with E-state index in [4.69, 9.17) is 9.47 Å². The lowest BCUT2D eigenvalue weighted by molar-refractivity contribution is -0.131. The third-order valence-electron chi connectivity index (χ3n) is 4.34. The molecule has 3 rings (SSSR count). The zero-order valence-electron chi connectivity index (χ0n) is 17.7. The Bertz CT molecular complexity index is 1070. The van der Waals surface area contributed by atoms with E-state index in [9.17, 15) is 14.4 Å². The average Bonchev–Trinajstić information content (AvgIpc) is 2.78. The van der Waals surface area contributed by atoms with Gasteiger partial charge in [0.15, 0.2) is 0 Å². The highest BCUT2D eigenvalue weighted by atomic mass is 16.5. The zero-order valence-corrected chi connectivity index (χ0v) is 17.7. The lowest BCUT2D eigenvalue weighted by Gasteiger charge is -2.09. The van der Waals surface area contributed by atoms with Crippen LogP contribution in [0.1, 0.15) is 30.1 Å². The highest BCUT2D eigenvalue weighted by Crippen LogP contribution is 2.18. The van der Waals surface area contributed by atoms with Crippen molar-refractivity contribution in [2.24, 2.45) is 0 Å². The lowest BCUT2D eigenvalue weighted by atomic mass is 10.2. The first kappa shape index (κ1) is 22.6. The van der Waals surface area contributed by atoms with Gasteiger partial charge in [-0.3, -0.25) is 14.4 Å². The van der Waals surface area contributed by atoms with Gasteiger partial charge in [-0.25, -0.2) is 0 Å². The topological polar surface area (TPSA) is 93.7 Å². The fraction of sp³-hybridized carbons (Fsp3) is 0.160. The summed E-state index contributed by atoms with van der Waals surface area (Å²) in [6.45, 7) is 1.76. The Morgan fingerprint density at radius 2 is 1.44 bits per heavy atom. The molecule has 0 atom stereocenters. The van der Waals surface area contributed by atoms with Crippen LogP contribution in [0.5, 0.6) is 11.5 Å². The van der Waals surface area contributed by atoms with Crippen LogP contribution in [0.15, 0.2) is 78.9 Å². The fourth-order valence-electron chi connectivity index (χ4n) is 2.87. The molecule has 0 saturated heterocycles. The maximum Gasteiger partial charge on any atom is 0.308 e. The molecule has 0 aliphatic heterocycles. The number of hydrogen-bond acceptors (Lipinski definition) is 5. The van der Waals surface area contributed by atoms with Crippen molar-refractivity contribution in [1.82, 2.24) is 0 Å². The lowest BCUT2D eigenvalue weighted by Crippen LogP contribution is -2.14. The van der Waals surface area contributed by atoms with Gasteiger partial charge < -0.3 is 20.1 Å². The number of amides is 2. The van der Waals surface area contributed by atoms with Crippen molar-refractivity contribution >= 4 is 29.2 Å². The van der Waals surface area contributed by atoms with E-state index in [1.807, 2.05) is 30.3 Å². The van der Waals surface area contributed by atoms with Crippen molar-refractivity contribution in [3.8, 4) is 11.5 Å². The van der Waals surface area contributed by atoms with Crippen molar-refractivity contribution in [2.75, 3.05) is 17.2 Å². The molecule has 0 aromatic heterocycles. The highest BCUT2D eigenvalue weighted by molar-refractivity contribution is 6.04. The van der Waals surface area contributed by atoms with E-state index in [2.05, 4.69) is 10.6 Å². The van der Waals surface area contributed by atoms with Gasteiger partial charge in [0.05, 0.1) is 6.61 Å². The molecule has 0 fully saturated rings.